The molecule has 0 radical (unpaired) electrons. The lowest BCUT2D eigenvalue weighted by Crippen LogP contribution is -2.50. The van der Waals surface area contributed by atoms with Gasteiger partial charge in [0.1, 0.15) is 0 Å². The summed E-state index contributed by atoms with van der Waals surface area (Å²) in [7, 11) is 0. The molecule has 2 rings (SSSR count). The van der Waals surface area contributed by atoms with Crippen molar-refractivity contribution >= 4 is 0 Å². The van der Waals surface area contributed by atoms with Crippen molar-refractivity contribution in [3.05, 3.63) is 0 Å². The summed E-state index contributed by atoms with van der Waals surface area (Å²) in [5.74, 6) is 0. The Hall–Kier alpha value is -0.0800. The van der Waals surface area contributed by atoms with E-state index in [0.717, 1.165) is 6.04 Å². The summed E-state index contributed by atoms with van der Waals surface area (Å²) in [5, 5.41) is 7.60. The standard InChI is InChI=1S/C15H30N2/c1-4-7-15(8-5-10-17-15)12-16-13-6-9-14(2,3)11-13/h13,16-17H,4-12H2,1-3H3. The van der Waals surface area contributed by atoms with Crippen molar-refractivity contribution in [2.24, 2.45) is 5.41 Å². The van der Waals surface area contributed by atoms with Crippen LogP contribution in [0.15, 0.2) is 0 Å². The SMILES string of the molecule is CCCC1(CNC2CCC(C)(C)C2)CCCN1. The molecule has 0 amide bonds. The monoisotopic (exact) mass is 238 g/mol. The van der Waals surface area contributed by atoms with E-state index in [1.807, 2.05) is 0 Å². The van der Waals surface area contributed by atoms with Crippen LogP contribution in [-0.2, 0) is 0 Å². The van der Waals surface area contributed by atoms with Crippen LogP contribution in [-0.4, -0.2) is 24.7 Å². The molecule has 0 aromatic rings. The fraction of sp³-hybridized carbons (Fsp3) is 1.00. The third-order valence-electron chi connectivity index (χ3n) is 4.76. The summed E-state index contributed by atoms with van der Waals surface area (Å²) >= 11 is 0. The maximum absolute atomic E-state index is 3.84. The van der Waals surface area contributed by atoms with E-state index in [1.54, 1.807) is 0 Å². The third-order valence-corrected chi connectivity index (χ3v) is 4.76. The highest BCUT2D eigenvalue weighted by molar-refractivity contribution is 4.96. The van der Waals surface area contributed by atoms with Crippen molar-refractivity contribution in [1.29, 1.82) is 0 Å². The molecule has 100 valence electrons. The minimum atomic E-state index is 0.418. The molecule has 17 heavy (non-hydrogen) atoms. The second-order valence-electron chi connectivity index (χ2n) is 7.05. The van der Waals surface area contributed by atoms with Crippen molar-refractivity contribution in [2.75, 3.05) is 13.1 Å². The van der Waals surface area contributed by atoms with Gasteiger partial charge in [-0.25, -0.2) is 0 Å². The van der Waals surface area contributed by atoms with Crippen LogP contribution in [0.2, 0.25) is 0 Å². The van der Waals surface area contributed by atoms with Crippen LogP contribution in [0.4, 0.5) is 0 Å². The summed E-state index contributed by atoms with van der Waals surface area (Å²) < 4.78 is 0. The second-order valence-corrected chi connectivity index (χ2v) is 7.05. The Kier molecular flexibility index (Phi) is 4.14. The number of nitrogens with one attached hydrogen (secondary N) is 2. The summed E-state index contributed by atoms with van der Waals surface area (Å²) in [6, 6.07) is 0.765. The Bertz CT molecular complexity index is 241. The average Bonchev–Trinajstić information content (AvgIpc) is 2.84. The first-order valence-corrected chi connectivity index (χ1v) is 7.54. The first-order chi connectivity index (χ1) is 8.05. The highest BCUT2D eigenvalue weighted by Crippen LogP contribution is 2.37. The molecular formula is C15H30N2. The number of hydrogen-bond donors (Lipinski definition) is 2. The topological polar surface area (TPSA) is 24.1 Å². The molecule has 1 saturated heterocycles. The Morgan fingerprint density at radius 1 is 1.29 bits per heavy atom. The highest BCUT2D eigenvalue weighted by Gasteiger charge is 2.35. The van der Waals surface area contributed by atoms with Gasteiger partial charge in [0.2, 0.25) is 0 Å². The Morgan fingerprint density at radius 2 is 2.12 bits per heavy atom. The van der Waals surface area contributed by atoms with E-state index in [-0.39, 0.29) is 0 Å². The molecule has 1 heterocycles. The van der Waals surface area contributed by atoms with E-state index in [9.17, 15) is 0 Å². The smallest absolute Gasteiger partial charge is 0.0306 e. The molecule has 2 unspecified atom stereocenters. The molecule has 1 aliphatic heterocycles. The van der Waals surface area contributed by atoms with Gasteiger partial charge in [-0.15, -0.1) is 0 Å². The number of rotatable bonds is 5. The quantitative estimate of drug-likeness (QED) is 0.769. The highest BCUT2D eigenvalue weighted by atomic mass is 15.1. The minimum Gasteiger partial charge on any atom is -0.312 e. The van der Waals surface area contributed by atoms with Crippen LogP contribution < -0.4 is 10.6 Å². The largest absolute Gasteiger partial charge is 0.312 e. The third kappa shape index (κ3) is 3.45. The van der Waals surface area contributed by atoms with Crippen molar-refractivity contribution in [2.45, 2.75) is 77.3 Å². The van der Waals surface area contributed by atoms with Gasteiger partial charge in [-0.2, -0.15) is 0 Å². The van der Waals surface area contributed by atoms with Gasteiger partial charge in [0.25, 0.3) is 0 Å². The van der Waals surface area contributed by atoms with Gasteiger partial charge >= 0.3 is 0 Å². The van der Waals surface area contributed by atoms with Crippen LogP contribution in [0.5, 0.6) is 0 Å². The van der Waals surface area contributed by atoms with E-state index in [2.05, 4.69) is 31.4 Å². The van der Waals surface area contributed by atoms with Crippen LogP contribution >= 0.6 is 0 Å². The van der Waals surface area contributed by atoms with Crippen LogP contribution in [0.25, 0.3) is 0 Å². The summed E-state index contributed by atoms with van der Waals surface area (Å²) in [4.78, 5) is 0. The van der Waals surface area contributed by atoms with Crippen molar-refractivity contribution in [3.63, 3.8) is 0 Å². The Balaban J connectivity index is 1.80. The van der Waals surface area contributed by atoms with Crippen molar-refractivity contribution < 1.29 is 0 Å². The van der Waals surface area contributed by atoms with Gasteiger partial charge < -0.3 is 10.6 Å². The second kappa shape index (κ2) is 5.27. The van der Waals surface area contributed by atoms with Crippen LogP contribution in [0.3, 0.4) is 0 Å². The normalized spacial score (nSPS) is 36.5. The first kappa shape index (κ1) is 13.4. The van der Waals surface area contributed by atoms with Crippen LogP contribution in [0.1, 0.15) is 65.7 Å². The minimum absolute atomic E-state index is 0.418. The molecular weight excluding hydrogens is 208 g/mol. The van der Waals surface area contributed by atoms with Gasteiger partial charge in [0.15, 0.2) is 0 Å². The lowest BCUT2D eigenvalue weighted by molar-refractivity contribution is 0.299. The predicted octanol–water partition coefficient (Wildman–Crippen LogP) is 3.08. The van der Waals surface area contributed by atoms with Crippen molar-refractivity contribution in [1.82, 2.24) is 10.6 Å². The predicted molar refractivity (Wildman–Crippen MR) is 74.3 cm³/mol. The van der Waals surface area contributed by atoms with E-state index in [4.69, 9.17) is 0 Å². The maximum atomic E-state index is 3.84. The average molecular weight is 238 g/mol. The zero-order valence-corrected chi connectivity index (χ0v) is 11.9. The van der Waals surface area contributed by atoms with Crippen LogP contribution in [0, 0.1) is 5.41 Å². The van der Waals surface area contributed by atoms with Gasteiger partial charge in [-0.3, -0.25) is 0 Å². The summed E-state index contributed by atoms with van der Waals surface area (Å²) in [5.41, 5.74) is 0.986. The van der Waals surface area contributed by atoms with Gasteiger partial charge in [0.05, 0.1) is 0 Å². The molecule has 2 N–H and O–H groups in total. The summed E-state index contributed by atoms with van der Waals surface area (Å²) in [6.45, 7) is 9.52. The molecule has 0 spiro atoms. The summed E-state index contributed by atoms with van der Waals surface area (Å²) in [6.07, 6.45) is 9.46. The van der Waals surface area contributed by atoms with E-state index in [1.165, 1.54) is 58.0 Å². The number of hydrogen-bond acceptors (Lipinski definition) is 2. The van der Waals surface area contributed by atoms with Gasteiger partial charge in [0, 0.05) is 18.1 Å². The van der Waals surface area contributed by atoms with Gasteiger partial charge in [-0.1, -0.05) is 27.2 Å². The molecule has 2 nitrogen and oxygen atoms in total. The lowest BCUT2D eigenvalue weighted by atomic mass is 9.90. The molecule has 0 aromatic carbocycles. The molecule has 2 heteroatoms. The van der Waals surface area contributed by atoms with E-state index in [0.29, 0.717) is 11.0 Å². The molecule has 1 saturated carbocycles. The lowest BCUT2D eigenvalue weighted by Gasteiger charge is -2.31. The Morgan fingerprint density at radius 3 is 2.65 bits per heavy atom. The molecule has 2 aliphatic rings. The fourth-order valence-corrected chi connectivity index (χ4v) is 3.75. The Labute approximate surface area is 107 Å². The van der Waals surface area contributed by atoms with E-state index < -0.39 is 0 Å². The molecule has 1 aliphatic carbocycles. The molecule has 0 bridgehead atoms. The van der Waals surface area contributed by atoms with Crippen molar-refractivity contribution in [3.8, 4) is 0 Å². The zero-order valence-electron chi connectivity index (χ0n) is 11.9. The molecule has 0 aromatic heterocycles. The molecule has 2 fully saturated rings. The first-order valence-electron chi connectivity index (χ1n) is 7.54. The molecule has 2 atom stereocenters. The fourth-order valence-electron chi connectivity index (χ4n) is 3.75. The van der Waals surface area contributed by atoms with E-state index >= 15 is 0 Å². The van der Waals surface area contributed by atoms with Gasteiger partial charge in [-0.05, 0) is 50.5 Å². The maximum Gasteiger partial charge on any atom is 0.0306 e. The zero-order chi connectivity index (χ0) is 12.4.